The van der Waals surface area contributed by atoms with Crippen LogP contribution in [0.4, 0.5) is 0 Å². The van der Waals surface area contributed by atoms with Crippen LogP contribution in [-0.4, -0.2) is 96.7 Å². The van der Waals surface area contributed by atoms with Gasteiger partial charge in [0.25, 0.3) is 0 Å². The van der Waals surface area contributed by atoms with Crippen LogP contribution in [0, 0.1) is 23.7 Å². The minimum absolute atomic E-state index is 0.101. The van der Waals surface area contributed by atoms with E-state index in [1.807, 2.05) is 0 Å². The second-order valence-electron chi connectivity index (χ2n) is 26.5. The first-order valence-corrected chi connectivity index (χ1v) is 39.3. The number of aliphatic hydroxyl groups is 1. The van der Waals surface area contributed by atoms with E-state index >= 15 is 0 Å². The van der Waals surface area contributed by atoms with Gasteiger partial charge in [-0.05, 0) is 49.4 Å². The normalized spacial score (nSPS) is 15.2. The third-order valence-corrected chi connectivity index (χ3v) is 19.1. The van der Waals surface area contributed by atoms with Crippen LogP contribution >= 0.6 is 15.6 Å². The number of ether oxygens (including phenoxy) is 4. The molecule has 89 heavy (non-hydrogen) atoms. The van der Waals surface area contributed by atoms with E-state index in [1.165, 1.54) is 141 Å². The van der Waals surface area contributed by atoms with Crippen LogP contribution in [0.25, 0.3) is 0 Å². The molecular formula is C70H136O17P2. The maximum atomic E-state index is 13.0. The second kappa shape index (κ2) is 59.8. The van der Waals surface area contributed by atoms with Crippen molar-refractivity contribution in [2.75, 3.05) is 39.6 Å². The van der Waals surface area contributed by atoms with E-state index in [-0.39, 0.29) is 25.7 Å². The zero-order chi connectivity index (χ0) is 66.1. The van der Waals surface area contributed by atoms with Crippen molar-refractivity contribution in [1.29, 1.82) is 0 Å². The van der Waals surface area contributed by atoms with Crippen LogP contribution < -0.4 is 0 Å². The average Bonchev–Trinajstić information content (AvgIpc) is 3.54. The van der Waals surface area contributed by atoms with Crippen molar-refractivity contribution in [3.8, 4) is 0 Å². The zero-order valence-corrected chi connectivity index (χ0v) is 59.8. The van der Waals surface area contributed by atoms with Crippen molar-refractivity contribution in [2.24, 2.45) is 23.7 Å². The Morgan fingerprint density at radius 2 is 0.539 bits per heavy atom. The standard InChI is InChI=1S/C70H136O17P2/c1-9-61(6)47-39-31-22-18-16-14-12-13-15-17-19-24-34-42-50-67(72)80-56-65(86-69(74)52-44-36-25-21-20-23-32-40-48-62(7)10-2)58-84-88(76,77)82-54-64(71)55-83-89(78,79)85-59-66(57-81-68(73)51-43-35-28-26-30-38-46-60(4)5)87-70(75)53-45-37-29-27-33-41-49-63(8)11-3/h60-66,71H,9-59H2,1-8H3,(H,76,77)(H,78,79)/t61?,62?,63?,64-,65-,66-/m1/s1. The van der Waals surface area contributed by atoms with Crippen molar-refractivity contribution in [3.63, 3.8) is 0 Å². The SMILES string of the molecule is CCC(C)CCCCCCCCCCCCCCCCC(=O)OC[C@H](COP(=O)(O)OC[C@@H](O)COP(=O)(O)OC[C@@H](COC(=O)CCCCCCCCC(C)C)OC(=O)CCCCCCCCC(C)CC)OC(=O)CCCCCCCCCCC(C)CC. The summed E-state index contributed by atoms with van der Waals surface area (Å²) in [6.07, 6.45) is 41.8. The number of carbonyl (C=O) groups is 4. The molecule has 0 bridgehead atoms. The summed E-state index contributed by atoms with van der Waals surface area (Å²) in [5.74, 6) is 0.884. The molecule has 3 N–H and O–H groups in total. The number of aliphatic hydroxyl groups excluding tert-OH is 1. The van der Waals surface area contributed by atoms with Crippen molar-refractivity contribution in [3.05, 3.63) is 0 Å². The molecule has 0 rings (SSSR count). The fourth-order valence-corrected chi connectivity index (χ4v) is 12.0. The van der Waals surface area contributed by atoms with Crippen molar-refractivity contribution in [2.45, 2.75) is 363 Å². The van der Waals surface area contributed by atoms with Gasteiger partial charge in [-0.25, -0.2) is 9.13 Å². The third-order valence-electron chi connectivity index (χ3n) is 17.2. The molecule has 0 saturated heterocycles. The molecule has 528 valence electrons. The highest BCUT2D eigenvalue weighted by molar-refractivity contribution is 7.47. The molecular weight excluding hydrogens is 1170 g/mol. The van der Waals surface area contributed by atoms with Gasteiger partial charge in [-0.3, -0.25) is 37.3 Å². The van der Waals surface area contributed by atoms with Crippen LogP contribution in [0.3, 0.4) is 0 Å². The molecule has 17 nitrogen and oxygen atoms in total. The molecule has 0 aromatic rings. The number of rotatable bonds is 67. The summed E-state index contributed by atoms with van der Waals surface area (Å²) in [6.45, 7) is 14.1. The summed E-state index contributed by atoms with van der Waals surface area (Å²) in [4.78, 5) is 72.5. The van der Waals surface area contributed by atoms with Gasteiger partial charge < -0.3 is 33.8 Å². The molecule has 0 spiro atoms. The average molecular weight is 1310 g/mol. The van der Waals surface area contributed by atoms with Crippen LogP contribution in [0.15, 0.2) is 0 Å². The van der Waals surface area contributed by atoms with E-state index in [0.29, 0.717) is 31.6 Å². The summed E-state index contributed by atoms with van der Waals surface area (Å²) in [5.41, 5.74) is 0. The molecule has 0 aromatic carbocycles. The Bertz CT molecular complexity index is 1770. The molecule has 0 saturated carbocycles. The molecule has 0 aliphatic rings. The molecule has 5 unspecified atom stereocenters. The Hall–Kier alpha value is -1.94. The second-order valence-corrected chi connectivity index (χ2v) is 29.4. The molecule has 0 aliphatic heterocycles. The highest BCUT2D eigenvalue weighted by atomic mass is 31.2. The van der Waals surface area contributed by atoms with E-state index in [1.54, 1.807) is 0 Å². The smallest absolute Gasteiger partial charge is 0.462 e. The van der Waals surface area contributed by atoms with E-state index in [4.69, 9.17) is 37.0 Å². The minimum atomic E-state index is -4.95. The molecule has 0 amide bonds. The summed E-state index contributed by atoms with van der Waals surface area (Å²) in [7, 11) is -9.90. The maximum Gasteiger partial charge on any atom is 0.472 e. The third kappa shape index (κ3) is 60.7. The Balaban J connectivity index is 5.21. The number of esters is 4. The van der Waals surface area contributed by atoms with Crippen molar-refractivity contribution in [1.82, 2.24) is 0 Å². The Morgan fingerprint density at radius 1 is 0.315 bits per heavy atom. The van der Waals surface area contributed by atoms with Crippen molar-refractivity contribution < 1.29 is 80.2 Å². The van der Waals surface area contributed by atoms with Gasteiger partial charge in [0, 0.05) is 25.7 Å². The fourth-order valence-electron chi connectivity index (χ4n) is 10.4. The molecule has 0 fully saturated rings. The summed E-state index contributed by atoms with van der Waals surface area (Å²) in [5, 5.41) is 10.6. The lowest BCUT2D eigenvalue weighted by atomic mass is 9.99. The van der Waals surface area contributed by atoms with E-state index in [0.717, 1.165) is 114 Å². The highest BCUT2D eigenvalue weighted by Crippen LogP contribution is 2.45. The van der Waals surface area contributed by atoms with Crippen LogP contribution in [0.5, 0.6) is 0 Å². The van der Waals surface area contributed by atoms with Gasteiger partial charge in [-0.15, -0.1) is 0 Å². The lowest BCUT2D eigenvalue weighted by molar-refractivity contribution is -0.161. The Labute approximate surface area is 543 Å². The van der Waals surface area contributed by atoms with Gasteiger partial charge in [0.05, 0.1) is 26.4 Å². The predicted octanol–water partition coefficient (Wildman–Crippen LogP) is 19.7. The fraction of sp³-hybridized carbons (Fsp3) is 0.943. The van der Waals surface area contributed by atoms with Gasteiger partial charge in [-0.1, -0.05) is 293 Å². The lowest BCUT2D eigenvalue weighted by Crippen LogP contribution is -2.30. The van der Waals surface area contributed by atoms with Crippen molar-refractivity contribution >= 4 is 39.5 Å². The Morgan fingerprint density at radius 3 is 0.798 bits per heavy atom. The number of unbranched alkanes of at least 4 members (excludes halogenated alkanes) is 30. The molecule has 19 heteroatoms. The van der Waals surface area contributed by atoms with E-state index < -0.39 is 97.5 Å². The summed E-state index contributed by atoms with van der Waals surface area (Å²) < 4.78 is 68.2. The summed E-state index contributed by atoms with van der Waals surface area (Å²) in [6, 6.07) is 0. The van der Waals surface area contributed by atoms with Gasteiger partial charge in [0.1, 0.15) is 19.3 Å². The maximum absolute atomic E-state index is 13.0. The summed E-state index contributed by atoms with van der Waals surface area (Å²) >= 11 is 0. The lowest BCUT2D eigenvalue weighted by Gasteiger charge is -2.21. The largest absolute Gasteiger partial charge is 0.472 e. The monoisotopic (exact) mass is 1310 g/mol. The number of carbonyl (C=O) groups excluding carboxylic acids is 4. The van der Waals surface area contributed by atoms with Gasteiger partial charge >= 0.3 is 39.5 Å². The quantitative estimate of drug-likeness (QED) is 0.0222. The van der Waals surface area contributed by atoms with E-state index in [2.05, 4.69) is 55.4 Å². The van der Waals surface area contributed by atoms with Gasteiger partial charge in [-0.2, -0.15) is 0 Å². The number of hydrogen-bond donors (Lipinski definition) is 3. The van der Waals surface area contributed by atoms with Crippen LogP contribution in [0.1, 0.15) is 344 Å². The Kier molecular flexibility index (Phi) is 58.5. The van der Waals surface area contributed by atoms with Crippen LogP contribution in [-0.2, 0) is 65.4 Å². The number of hydrogen-bond acceptors (Lipinski definition) is 15. The first-order valence-electron chi connectivity index (χ1n) is 36.3. The van der Waals surface area contributed by atoms with E-state index in [9.17, 15) is 43.2 Å². The number of phosphoric acid groups is 2. The zero-order valence-electron chi connectivity index (χ0n) is 58.1. The minimum Gasteiger partial charge on any atom is -0.462 e. The first-order chi connectivity index (χ1) is 42.7. The number of phosphoric ester groups is 2. The molecule has 0 aromatic heterocycles. The molecule has 0 heterocycles. The topological polar surface area (TPSA) is 237 Å². The van der Waals surface area contributed by atoms with Crippen LogP contribution in [0.2, 0.25) is 0 Å². The molecule has 0 aliphatic carbocycles. The highest BCUT2D eigenvalue weighted by Gasteiger charge is 2.30. The predicted molar refractivity (Wildman–Crippen MR) is 358 cm³/mol. The molecule has 0 radical (unpaired) electrons. The van der Waals surface area contributed by atoms with Gasteiger partial charge in [0.15, 0.2) is 12.2 Å². The van der Waals surface area contributed by atoms with Gasteiger partial charge in [0.2, 0.25) is 0 Å². The molecule has 8 atom stereocenters. The first kappa shape index (κ1) is 87.1.